The molecule has 1 rings (SSSR count). The molecule has 0 atom stereocenters. The van der Waals surface area contributed by atoms with Crippen LogP contribution in [0.25, 0.3) is 0 Å². The average molecular weight is 271 g/mol. The van der Waals surface area contributed by atoms with Crippen LogP contribution in [0.2, 0.25) is 0 Å². The molecule has 0 saturated heterocycles. The van der Waals surface area contributed by atoms with Crippen LogP contribution in [-0.4, -0.2) is 30.8 Å². The summed E-state index contributed by atoms with van der Waals surface area (Å²) in [6.45, 7) is 0. The number of hydrogen-bond acceptors (Lipinski definition) is 4. The molecule has 0 unspecified atom stereocenters. The van der Waals surface area contributed by atoms with Gasteiger partial charge in [-0.25, -0.2) is 8.42 Å². The number of nitrogens with two attached hydrogens (primary N) is 1. The number of nitrogens with zero attached hydrogens (tertiary/aromatic N) is 1. The first kappa shape index (κ1) is 14.1. The quantitative estimate of drug-likeness (QED) is 0.301. The second-order valence-electron chi connectivity index (χ2n) is 4.04. The van der Waals surface area contributed by atoms with E-state index in [9.17, 15) is 17.2 Å². The molecular weight excluding hydrogens is 256 g/mol. The zero-order valence-electron chi connectivity index (χ0n) is 9.07. The monoisotopic (exact) mass is 271 g/mol. The molecule has 0 aromatic rings. The number of alkyl halides is 2. The fraction of sp³-hybridized carbons (Fsp3) is 0.875. The molecular formula is C8H15F2N3O3S. The Morgan fingerprint density at radius 1 is 1.35 bits per heavy atom. The second kappa shape index (κ2) is 5.13. The Morgan fingerprint density at radius 3 is 2.29 bits per heavy atom. The Bertz CT molecular complexity index is 391. The predicted octanol–water partition coefficient (Wildman–Crippen LogP) is 0.578. The number of nitrogens with one attached hydrogen (secondary N) is 1. The lowest BCUT2D eigenvalue weighted by atomic mass is 9.82. The molecule has 100 valence electrons. The zero-order valence-corrected chi connectivity index (χ0v) is 9.88. The Labute approximate surface area is 97.9 Å². The molecule has 6 nitrogen and oxygen atoms in total. The Kier molecular flexibility index (Phi) is 4.26. The van der Waals surface area contributed by atoms with Gasteiger partial charge in [0.2, 0.25) is 0 Å². The highest BCUT2D eigenvalue weighted by atomic mass is 32.2. The molecule has 0 amide bonds. The highest BCUT2D eigenvalue weighted by Crippen LogP contribution is 2.29. The average Bonchev–Trinajstić information content (AvgIpc) is 2.28. The molecule has 1 aliphatic rings. The molecule has 0 radical (unpaired) electrons. The van der Waals surface area contributed by atoms with Gasteiger partial charge in [0.25, 0.3) is 10.0 Å². The summed E-state index contributed by atoms with van der Waals surface area (Å²) in [6.07, 6.45) is 2.60. The van der Waals surface area contributed by atoms with Gasteiger partial charge in [-0.05, 0) is 12.8 Å². The third-order valence-corrected chi connectivity index (χ3v) is 4.02. The number of sulfonamides is 1. The standard InChI is InChI=1S/C8H15F2N3O3S/c9-7(10)17(15,16)13-8(6(11)12-14)4-2-1-3-5-8/h7,13-14H,1-5H2,(H2,11,12). The summed E-state index contributed by atoms with van der Waals surface area (Å²) in [4.78, 5) is 0. The van der Waals surface area contributed by atoms with E-state index in [1.54, 1.807) is 0 Å². The number of rotatable bonds is 4. The highest BCUT2D eigenvalue weighted by molar-refractivity contribution is 7.89. The van der Waals surface area contributed by atoms with Crippen molar-refractivity contribution < 1.29 is 22.4 Å². The zero-order chi connectivity index (χ0) is 13.1. The van der Waals surface area contributed by atoms with Gasteiger partial charge in [0.1, 0.15) is 0 Å². The molecule has 9 heteroatoms. The number of halogens is 2. The minimum atomic E-state index is -4.77. The lowest BCUT2D eigenvalue weighted by Crippen LogP contribution is -2.59. The molecule has 0 aromatic heterocycles. The lowest BCUT2D eigenvalue weighted by Gasteiger charge is -2.36. The predicted molar refractivity (Wildman–Crippen MR) is 57.3 cm³/mol. The van der Waals surface area contributed by atoms with Crippen molar-refractivity contribution in [1.29, 1.82) is 0 Å². The van der Waals surface area contributed by atoms with Crippen molar-refractivity contribution in [3.05, 3.63) is 0 Å². The topological polar surface area (TPSA) is 105 Å². The Balaban J connectivity index is 3.00. The van der Waals surface area contributed by atoms with Crippen molar-refractivity contribution >= 4 is 15.9 Å². The van der Waals surface area contributed by atoms with Crippen molar-refractivity contribution in [3.8, 4) is 0 Å². The minimum absolute atomic E-state index is 0.245. The summed E-state index contributed by atoms with van der Waals surface area (Å²) in [7, 11) is -4.77. The number of oxime groups is 1. The SMILES string of the molecule is N/C(=N/O)C1(NS(=O)(=O)C(F)F)CCCCC1. The van der Waals surface area contributed by atoms with E-state index in [1.165, 1.54) is 0 Å². The van der Waals surface area contributed by atoms with Crippen LogP contribution in [0.1, 0.15) is 32.1 Å². The smallest absolute Gasteiger partial charge is 0.350 e. The maximum atomic E-state index is 12.3. The summed E-state index contributed by atoms with van der Waals surface area (Å²) in [5, 5.41) is 11.4. The van der Waals surface area contributed by atoms with Crippen LogP contribution in [0.4, 0.5) is 8.78 Å². The van der Waals surface area contributed by atoms with Gasteiger partial charge in [0.05, 0.1) is 5.54 Å². The normalized spacial score (nSPS) is 21.7. The van der Waals surface area contributed by atoms with E-state index in [0.29, 0.717) is 12.8 Å². The van der Waals surface area contributed by atoms with Crippen LogP contribution < -0.4 is 10.5 Å². The molecule has 1 aliphatic carbocycles. The third-order valence-electron chi connectivity index (χ3n) is 2.88. The molecule has 0 aliphatic heterocycles. The molecule has 0 spiro atoms. The fourth-order valence-electron chi connectivity index (χ4n) is 1.98. The van der Waals surface area contributed by atoms with E-state index in [0.717, 1.165) is 6.42 Å². The fourth-order valence-corrected chi connectivity index (χ4v) is 2.92. The number of hydrogen-bond donors (Lipinski definition) is 3. The van der Waals surface area contributed by atoms with E-state index in [-0.39, 0.29) is 18.7 Å². The van der Waals surface area contributed by atoms with Gasteiger partial charge in [0.15, 0.2) is 5.84 Å². The van der Waals surface area contributed by atoms with Gasteiger partial charge in [-0.3, -0.25) is 0 Å². The van der Waals surface area contributed by atoms with E-state index < -0.39 is 21.3 Å². The first-order chi connectivity index (χ1) is 7.84. The van der Waals surface area contributed by atoms with Crippen LogP contribution >= 0.6 is 0 Å². The molecule has 1 fully saturated rings. The van der Waals surface area contributed by atoms with Gasteiger partial charge in [-0.1, -0.05) is 24.4 Å². The minimum Gasteiger partial charge on any atom is -0.409 e. The second-order valence-corrected chi connectivity index (χ2v) is 5.69. The van der Waals surface area contributed by atoms with Crippen LogP contribution in [0.3, 0.4) is 0 Å². The summed E-state index contributed by atoms with van der Waals surface area (Å²) < 4.78 is 48.8. The van der Waals surface area contributed by atoms with Crippen molar-refractivity contribution in [2.75, 3.05) is 0 Å². The molecule has 0 aromatic carbocycles. The van der Waals surface area contributed by atoms with Gasteiger partial charge in [-0.15, -0.1) is 0 Å². The van der Waals surface area contributed by atoms with Crippen LogP contribution in [-0.2, 0) is 10.0 Å². The van der Waals surface area contributed by atoms with Gasteiger partial charge >= 0.3 is 5.76 Å². The van der Waals surface area contributed by atoms with Gasteiger partial charge in [-0.2, -0.15) is 13.5 Å². The van der Waals surface area contributed by atoms with E-state index in [1.807, 2.05) is 4.72 Å². The maximum Gasteiger partial charge on any atom is 0.350 e. The Morgan fingerprint density at radius 2 is 1.88 bits per heavy atom. The molecule has 4 N–H and O–H groups in total. The van der Waals surface area contributed by atoms with Crippen LogP contribution in [0, 0.1) is 0 Å². The molecule has 17 heavy (non-hydrogen) atoms. The van der Waals surface area contributed by atoms with E-state index in [2.05, 4.69) is 5.16 Å². The summed E-state index contributed by atoms with van der Waals surface area (Å²) in [5.74, 6) is -3.91. The molecule has 1 saturated carbocycles. The number of amidine groups is 1. The molecule has 0 bridgehead atoms. The van der Waals surface area contributed by atoms with Crippen molar-refractivity contribution in [3.63, 3.8) is 0 Å². The van der Waals surface area contributed by atoms with Crippen LogP contribution in [0.15, 0.2) is 5.16 Å². The van der Waals surface area contributed by atoms with E-state index in [4.69, 9.17) is 10.9 Å². The largest absolute Gasteiger partial charge is 0.409 e. The van der Waals surface area contributed by atoms with E-state index >= 15 is 0 Å². The Hall–Kier alpha value is -0.960. The van der Waals surface area contributed by atoms with Gasteiger partial charge < -0.3 is 10.9 Å². The first-order valence-electron chi connectivity index (χ1n) is 5.13. The molecule has 0 heterocycles. The summed E-state index contributed by atoms with van der Waals surface area (Å²) in [5.41, 5.74) is 4.03. The first-order valence-corrected chi connectivity index (χ1v) is 6.68. The maximum absolute atomic E-state index is 12.3. The van der Waals surface area contributed by atoms with Gasteiger partial charge in [0, 0.05) is 0 Å². The van der Waals surface area contributed by atoms with Crippen LogP contribution in [0.5, 0.6) is 0 Å². The van der Waals surface area contributed by atoms with Crippen molar-refractivity contribution in [2.45, 2.75) is 43.4 Å². The highest BCUT2D eigenvalue weighted by Gasteiger charge is 2.42. The summed E-state index contributed by atoms with van der Waals surface area (Å²) >= 11 is 0. The lowest BCUT2D eigenvalue weighted by molar-refractivity contribution is 0.226. The van der Waals surface area contributed by atoms with Crippen molar-refractivity contribution in [2.24, 2.45) is 10.9 Å². The third kappa shape index (κ3) is 3.03. The summed E-state index contributed by atoms with van der Waals surface area (Å²) in [6, 6.07) is 0. The van der Waals surface area contributed by atoms with Crippen molar-refractivity contribution in [1.82, 2.24) is 4.72 Å².